The van der Waals surface area contributed by atoms with Crippen LogP contribution < -0.4 is 10.1 Å². The lowest BCUT2D eigenvalue weighted by Gasteiger charge is -2.16. The topological polar surface area (TPSA) is 21.3 Å². The van der Waals surface area contributed by atoms with Gasteiger partial charge in [-0.05, 0) is 68.5 Å². The van der Waals surface area contributed by atoms with Crippen LogP contribution in [0.2, 0.25) is 0 Å². The lowest BCUT2D eigenvalue weighted by molar-refractivity contribution is 0.414. The zero-order chi connectivity index (χ0) is 13.2. The lowest BCUT2D eigenvalue weighted by Crippen LogP contribution is -2.21. The summed E-state index contributed by atoms with van der Waals surface area (Å²) in [4.78, 5) is 0. The van der Waals surface area contributed by atoms with Gasteiger partial charge in [-0.15, -0.1) is 0 Å². The van der Waals surface area contributed by atoms with E-state index in [0.29, 0.717) is 0 Å². The van der Waals surface area contributed by atoms with Gasteiger partial charge in [-0.2, -0.15) is 11.8 Å². The Morgan fingerprint density at radius 2 is 2.00 bits per heavy atom. The maximum absolute atomic E-state index is 5.19. The van der Waals surface area contributed by atoms with Gasteiger partial charge in [-0.1, -0.05) is 12.1 Å². The molecule has 0 aromatic heterocycles. The Morgan fingerprint density at radius 1 is 1.28 bits per heavy atom. The molecule has 0 aliphatic heterocycles. The van der Waals surface area contributed by atoms with Crippen LogP contribution in [0.15, 0.2) is 24.3 Å². The van der Waals surface area contributed by atoms with Gasteiger partial charge in [0.1, 0.15) is 5.75 Å². The zero-order valence-electron chi connectivity index (χ0n) is 11.7. The third kappa shape index (κ3) is 5.78. The van der Waals surface area contributed by atoms with E-state index >= 15 is 0 Å². The summed E-state index contributed by atoms with van der Waals surface area (Å²) in [6.07, 6.45) is 5.94. The molecular formula is C15H25NOS. The standard InChI is InChI=1S/C15H25NOS/c1-16-12-14(5-4-10-18-3)11-13-6-8-15(17-2)9-7-13/h6-9,14,16H,4-5,10-12H2,1-3H3. The molecule has 18 heavy (non-hydrogen) atoms. The Hall–Kier alpha value is -0.670. The number of methoxy groups -OCH3 is 1. The van der Waals surface area contributed by atoms with E-state index in [-0.39, 0.29) is 0 Å². The van der Waals surface area contributed by atoms with Gasteiger partial charge < -0.3 is 10.1 Å². The van der Waals surface area contributed by atoms with E-state index < -0.39 is 0 Å². The van der Waals surface area contributed by atoms with E-state index in [2.05, 4.69) is 23.7 Å². The molecule has 0 spiro atoms. The summed E-state index contributed by atoms with van der Waals surface area (Å²) in [5, 5.41) is 3.31. The van der Waals surface area contributed by atoms with Crippen LogP contribution in [0.3, 0.4) is 0 Å². The fraction of sp³-hybridized carbons (Fsp3) is 0.600. The Labute approximate surface area is 116 Å². The normalized spacial score (nSPS) is 12.4. The first-order valence-electron chi connectivity index (χ1n) is 6.56. The molecule has 1 unspecified atom stereocenters. The van der Waals surface area contributed by atoms with Crippen LogP contribution in [0, 0.1) is 5.92 Å². The fourth-order valence-corrected chi connectivity index (χ4v) is 2.63. The molecule has 102 valence electrons. The van der Waals surface area contributed by atoms with Crippen molar-refractivity contribution in [3.63, 3.8) is 0 Å². The van der Waals surface area contributed by atoms with Gasteiger partial charge in [0, 0.05) is 0 Å². The molecule has 1 atom stereocenters. The second-order valence-corrected chi connectivity index (χ2v) is 5.60. The molecule has 1 N–H and O–H groups in total. The highest BCUT2D eigenvalue weighted by Crippen LogP contribution is 2.18. The summed E-state index contributed by atoms with van der Waals surface area (Å²) in [5.41, 5.74) is 1.40. The van der Waals surface area contributed by atoms with Crippen LogP contribution in [0.25, 0.3) is 0 Å². The number of ether oxygens (including phenoxy) is 1. The second-order valence-electron chi connectivity index (χ2n) is 4.61. The molecule has 0 saturated heterocycles. The molecule has 3 heteroatoms. The van der Waals surface area contributed by atoms with Crippen molar-refractivity contribution in [3.8, 4) is 5.75 Å². The van der Waals surface area contributed by atoms with Gasteiger partial charge in [0.2, 0.25) is 0 Å². The highest BCUT2D eigenvalue weighted by Gasteiger charge is 2.08. The number of hydrogen-bond acceptors (Lipinski definition) is 3. The Balaban J connectivity index is 2.47. The summed E-state index contributed by atoms with van der Waals surface area (Å²) in [7, 11) is 3.75. The second kappa shape index (κ2) is 9.29. The van der Waals surface area contributed by atoms with Crippen molar-refractivity contribution < 1.29 is 4.74 Å². The molecule has 0 aliphatic rings. The summed E-state index contributed by atoms with van der Waals surface area (Å²) < 4.78 is 5.19. The molecule has 2 nitrogen and oxygen atoms in total. The van der Waals surface area contributed by atoms with Gasteiger partial charge in [0.25, 0.3) is 0 Å². The number of rotatable bonds is 9. The van der Waals surface area contributed by atoms with E-state index in [1.165, 1.54) is 24.2 Å². The molecule has 0 fully saturated rings. The van der Waals surface area contributed by atoms with Crippen molar-refractivity contribution in [2.24, 2.45) is 5.92 Å². The molecule has 1 aromatic carbocycles. The van der Waals surface area contributed by atoms with Crippen molar-refractivity contribution in [1.29, 1.82) is 0 Å². The summed E-state index contributed by atoms with van der Waals surface area (Å²) in [6.45, 7) is 1.10. The Kier molecular flexibility index (Phi) is 7.94. The van der Waals surface area contributed by atoms with Crippen LogP contribution in [-0.2, 0) is 6.42 Å². The predicted molar refractivity (Wildman–Crippen MR) is 81.7 cm³/mol. The highest BCUT2D eigenvalue weighted by molar-refractivity contribution is 7.98. The smallest absolute Gasteiger partial charge is 0.118 e. The average Bonchev–Trinajstić information content (AvgIpc) is 2.40. The first-order valence-corrected chi connectivity index (χ1v) is 7.96. The van der Waals surface area contributed by atoms with Gasteiger partial charge in [-0.3, -0.25) is 0 Å². The third-order valence-electron chi connectivity index (χ3n) is 3.14. The van der Waals surface area contributed by atoms with E-state index in [9.17, 15) is 0 Å². The largest absolute Gasteiger partial charge is 0.497 e. The molecule has 0 amide bonds. The van der Waals surface area contributed by atoms with E-state index in [0.717, 1.165) is 24.6 Å². The van der Waals surface area contributed by atoms with Crippen molar-refractivity contribution in [1.82, 2.24) is 5.32 Å². The number of thioether (sulfide) groups is 1. The zero-order valence-corrected chi connectivity index (χ0v) is 12.6. The Morgan fingerprint density at radius 3 is 2.56 bits per heavy atom. The van der Waals surface area contributed by atoms with Crippen LogP contribution in [-0.4, -0.2) is 32.7 Å². The monoisotopic (exact) mass is 267 g/mol. The Bertz CT molecular complexity index is 313. The maximum atomic E-state index is 5.19. The minimum atomic E-state index is 0.732. The molecule has 0 bridgehead atoms. The third-order valence-corrected chi connectivity index (χ3v) is 3.83. The summed E-state index contributed by atoms with van der Waals surface area (Å²) >= 11 is 1.94. The predicted octanol–water partition coefficient (Wildman–Crippen LogP) is 3.22. The van der Waals surface area contributed by atoms with Crippen molar-refractivity contribution in [3.05, 3.63) is 29.8 Å². The fourth-order valence-electron chi connectivity index (χ4n) is 2.18. The van der Waals surface area contributed by atoms with Crippen LogP contribution in [0.1, 0.15) is 18.4 Å². The number of nitrogens with one attached hydrogen (secondary N) is 1. The minimum Gasteiger partial charge on any atom is -0.497 e. The SMILES string of the molecule is CNCC(CCCSC)Cc1ccc(OC)cc1. The molecule has 0 aliphatic carbocycles. The maximum Gasteiger partial charge on any atom is 0.118 e. The number of benzene rings is 1. The van der Waals surface area contributed by atoms with Crippen molar-refractivity contribution >= 4 is 11.8 Å². The van der Waals surface area contributed by atoms with Crippen molar-refractivity contribution in [2.45, 2.75) is 19.3 Å². The van der Waals surface area contributed by atoms with Crippen LogP contribution in [0.4, 0.5) is 0 Å². The molecular weight excluding hydrogens is 242 g/mol. The first kappa shape index (κ1) is 15.4. The van der Waals surface area contributed by atoms with Crippen LogP contribution >= 0.6 is 11.8 Å². The quantitative estimate of drug-likeness (QED) is 0.694. The minimum absolute atomic E-state index is 0.732. The van der Waals surface area contributed by atoms with Gasteiger partial charge in [0.15, 0.2) is 0 Å². The molecule has 0 heterocycles. The first-order chi connectivity index (χ1) is 8.80. The molecule has 0 saturated carbocycles. The molecule has 1 aromatic rings. The summed E-state index contributed by atoms with van der Waals surface area (Å²) in [6, 6.07) is 8.45. The van der Waals surface area contributed by atoms with E-state index in [4.69, 9.17) is 4.74 Å². The van der Waals surface area contributed by atoms with Gasteiger partial charge in [0.05, 0.1) is 7.11 Å². The van der Waals surface area contributed by atoms with Crippen molar-refractivity contribution in [2.75, 3.05) is 32.7 Å². The van der Waals surface area contributed by atoms with E-state index in [1.54, 1.807) is 7.11 Å². The summed E-state index contributed by atoms with van der Waals surface area (Å²) in [5.74, 6) is 2.94. The lowest BCUT2D eigenvalue weighted by atomic mass is 9.95. The molecule has 1 rings (SSSR count). The van der Waals surface area contributed by atoms with Gasteiger partial charge in [-0.25, -0.2) is 0 Å². The number of hydrogen-bond donors (Lipinski definition) is 1. The van der Waals surface area contributed by atoms with E-state index in [1.807, 2.05) is 30.9 Å². The highest BCUT2D eigenvalue weighted by atomic mass is 32.2. The van der Waals surface area contributed by atoms with Gasteiger partial charge >= 0.3 is 0 Å². The van der Waals surface area contributed by atoms with Crippen LogP contribution in [0.5, 0.6) is 5.75 Å². The molecule has 0 radical (unpaired) electrons. The average molecular weight is 267 g/mol.